The molecule has 7 heteroatoms. The molecule has 1 amide bonds. The molecule has 1 fully saturated rings. The predicted octanol–water partition coefficient (Wildman–Crippen LogP) is 6.27. The fraction of sp³-hybridized carbons (Fsp3) is 0.139. The first-order valence-corrected chi connectivity index (χ1v) is 14.3. The monoisotopic (exact) mass is 567 g/mol. The highest BCUT2D eigenvalue weighted by Gasteiger charge is 2.55. The maximum atomic E-state index is 14.6. The number of carbonyl (C=O) groups excluding carboxylic acids is 3. The summed E-state index contributed by atoms with van der Waals surface area (Å²) in [5.41, 5.74) is 4.79. The highest BCUT2D eigenvalue weighted by atomic mass is 16.6. The second kappa shape index (κ2) is 10.8. The maximum Gasteiger partial charge on any atom is 0.313 e. The summed E-state index contributed by atoms with van der Waals surface area (Å²) >= 11 is 0. The van der Waals surface area contributed by atoms with Crippen molar-refractivity contribution in [1.82, 2.24) is 4.90 Å². The van der Waals surface area contributed by atoms with Crippen molar-refractivity contribution in [2.24, 2.45) is 5.92 Å². The van der Waals surface area contributed by atoms with Crippen molar-refractivity contribution in [3.8, 4) is 0 Å². The summed E-state index contributed by atoms with van der Waals surface area (Å²) in [5, 5.41) is 3.62. The molecule has 43 heavy (non-hydrogen) atoms. The summed E-state index contributed by atoms with van der Waals surface area (Å²) in [6.45, 7) is 2.26. The molecular formula is C36H29N3O4. The molecule has 0 aliphatic carbocycles. The van der Waals surface area contributed by atoms with Crippen molar-refractivity contribution < 1.29 is 19.1 Å². The van der Waals surface area contributed by atoms with Gasteiger partial charge in [0.2, 0.25) is 5.88 Å². The molecule has 0 aromatic heterocycles. The van der Waals surface area contributed by atoms with Crippen molar-refractivity contribution in [2.45, 2.75) is 25.9 Å². The number of ether oxygens (including phenoxy) is 1. The zero-order valence-electron chi connectivity index (χ0n) is 23.6. The van der Waals surface area contributed by atoms with E-state index in [0.717, 1.165) is 11.3 Å². The molecule has 0 bridgehead atoms. The lowest BCUT2D eigenvalue weighted by Crippen LogP contribution is -2.49. The Morgan fingerprint density at radius 2 is 1.33 bits per heavy atom. The minimum Gasteiger partial charge on any atom is -0.409 e. The molecule has 3 aliphatic rings. The minimum atomic E-state index is -0.820. The Labute approximate surface area is 249 Å². The fourth-order valence-electron chi connectivity index (χ4n) is 6.31. The molecule has 2 atom stereocenters. The maximum absolute atomic E-state index is 14.6. The summed E-state index contributed by atoms with van der Waals surface area (Å²) in [6, 6.07) is 37.3. The molecule has 7 nitrogen and oxygen atoms in total. The van der Waals surface area contributed by atoms with Crippen molar-refractivity contribution in [3.63, 3.8) is 0 Å². The molecule has 3 heterocycles. The highest BCUT2D eigenvalue weighted by molar-refractivity contribution is 6.14. The Hall–Kier alpha value is -5.43. The van der Waals surface area contributed by atoms with Gasteiger partial charge in [0.25, 0.3) is 5.91 Å². The van der Waals surface area contributed by atoms with E-state index < -0.39 is 17.9 Å². The van der Waals surface area contributed by atoms with Gasteiger partial charge in [0.1, 0.15) is 6.04 Å². The minimum absolute atomic E-state index is 0.114. The van der Waals surface area contributed by atoms with Crippen LogP contribution in [0.25, 0.3) is 0 Å². The van der Waals surface area contributed by atoms with E-state index in [-0.39, 0.29) is 18.1 Å². The fourth-order valence-corrected chi connectivity index (χ4v) is 6.31. The third kappa shape index (κ3) is 4.50. The van der Waals surface area contributed by atoms with Gasteiger partial charge < -0.3 is 9.64 Å². The smallest absolute Gasteiger partial charge is 0.313 e. The van der Waals surface area contributed by atoms with Crippen molar-refractivity contribution in [3.05, 3.63) is 155 Å². The molecular weight excluding hydrogens is 538 g/mol. The van der Waals surface area contributed by atoms with Gasteiger partial charge in [-0.25, -0.2) is 5.01 Å². The van der Waals surface area contributed by atoms with E-state index in [4.69, 9.17) is 4.74 Å². The number of esters is 1. The van der Waals surface area contributed by atoms with Gasteiger partial charge in [-0.3, -0.25) is 19.4 Å². The van der Waals surface area contributed by atoms with Crippen LogP contribution < -0.4 is 10.0 Å². The number of ketones is 1. The average Bonchev–Trinajstić information content (AvgIpc) is 3.36. The lowest BCUT2D eigenvalue weighted by Gasteiger charge is -2.43. The lowest BCUT2D eigenvalue weighted by molar-refractivity contribution is -0.144. The summed E-state index contributed by atoms with van der Waals surface area (Å²) in [7, 11) is 0. The van der Waals surface area contributed by atoms with Crippen LogP contribution in [0, 0.1) is 5.92 Å². The van der Waals surface area contributed by atoms with E-state index in [0.29, 0.717) is 40.5 Å². The van der Waals surface area contributed by atoms with Crippen LogP contribution in [0.5, 0.6) is 0 Å². The van der Waals surface area contributed by atoms with Crippen LogP contribution in [0.15, 0.2) is 144 Å². The SMILES string of the molecule is CC1=C2C(=O)N(c3ccccc3)N(c3ccccc3)[C@H]2C2=C(OC(=O)C[C@@H]2C(=O)c2ccccc2)N1Cc1ccccc1. The number of hydrogen-bond acceptors (Lipinski definition) is 6. The molecule has 4 aromatic rings. The van der Waals surface area contributed by atoms with E-state index in [1.807, 2.05) is 126 Å². The van der Waals surface area contributed by atoms with E-state index in [9.17, 15) is 14.4 Å². The van der Waals surface area contributed by atoms with Crippen LogP contribution in [0.2, 0.25) is 0 Å². The number of anilines is 2. The molecule has 4 aromatic carbocycles. The van der Waals surface area contributed by atoms with Crippen molar-refractivity contribution in [2.75, 3.05) is 10.0 Å². The number of benzene rings is 4. The van der Waals surface area contributed by atoms with Crippen molar-refractivity contribution >= 4 is 29.0 Å². The molecule has 0 radical (unpaired) electrons. The van der Waals surface area contributed by atoms with Crippen LogP contribution in [-0.2, 0) is 20.9 Å². The van der Waals surface area contributed by atoms with Gasteiger partial charge >= 0.3 is 5.97 Å². The quantitative estimate of drug-likeness (QED) is 0.202. The van der Waals surface area contributed by atoms with Crippen molar-refractivity contribution in [1.29, 1.82) is 0 Å². The van der Waals surface area contributed by atoms with Crippen LogP contribution in [-0.4, -0.2) is 28.6 Å². The van der Waals surface area contributed by atoms with Gasteiger partial charge in [0.15, 0.2) is 5.78 Å². The Bertz CT molecular complexity index is 1770. The molecule has 212 valence electrons. The van der Waals surface area contributed by atoms with E-state index >= 15 is 0 Å². The number of rotatable bonds is 6. The van der Waals surface area contributed by atoms with E-state index in [1.165, 1.54) is 0 Å². The zero-order valence-corrected chi connectivity index (χ0v) is 23.6. The Kier molecular flexibility index (Phi) is 6.62. The van der Waals surface area contributed by atoms with Crippen LogP contribution in [0.3, 0.4) is 0 Å². The van der Waals surface area contributed by atoms with Gasteiger partial charge in [-0.2, -0.15) is 0 Å². The molecule has 0 spiro atoms. The third-order valence-electron chi connectivity index (χ3n) is 8.27. The van der Waals surface area contributed by atoms with Crippen LogP contribution in [0.4, 0.5) is 11.4 Å². The molecule has 3 aliphatic heterocycles. The van der Waals surface area contributed by atoms with Gasteiger partial charge in [-0.1, -0.05) is 97.1 Å². The largest absolute Gasteiger partial charge is 0.409 e. The Balaban J connectivity index is 1.48. The summed E-state index contributed by atoms with van der Waals surface area (Å²) < 4.78 is 6.05. The number of nitrogens with zero attached hydrogens (tertiary/aromatic N) is 3. The zero-order chi connectivity index (χ0) is 29.5. The predicted molar refractivity (Wildman–Crippen MR) is 163 cm³/mol. The molecule has 7 rings (SSSR count). The average molecular weight is 568 g/mol. The number of fused-ring (bicyclic) bond motifs is 2. The summed E-state index contributed by atoms with van der Waals surface area (Å²) in [4.78, 5) is 43.9. The molecule has 0 N–H and O–H groups in total. The number of hydrazine groups is 1. The van der Waals surface area contributed by atoms with Gasteiger partial charge in [0, 0.05) is 16.8 Å². The van der Waals surface area contributed by atoms with Gasteiger partial charge in [-0.15, -0.1) is 0 Å². The third-order valence-corrected chi connectivity index (χ3v) is 8.27. The van der Waals surface area contributed by atoms with Gasteiger partial charge in [0.05, 0.1) is 35.8 Å². The number of carbonyl (C=O) groups is 3. The highest BCUT2D eigenvalue weighted by Crippen LogP contribution is 2.49. The van der Waals surface area contributed by atoms with E-state index in [1.54, 1.807) is 17.1 Å². The van der Waals surface area contributed by atoms with Crippen LogP contribution >= 0.6 is 0 Å². The second-order valence-corrected chi connectivity index (χ2v) is 10.8. The van der Waals surface area contributed by atoms with E-state index in [2.05, 4.69) is 0 Å². The Morgan fingerprint density at radius 1 is 0.767 bits per heavy atom. The number of allylic oxidation sites excluding steroid dienone is 1. The molecule has 1 saturated heterocycles. The first-order valence-electron chi connectivity index (χ1n) is 14.3. The first kappa shape index (κ1) is 26.5. The normalized spacial score (nSPS) is 19.8. The molecule has 0 saturated carbocycles. The second-order valence-electron chi connectivity index (χ2n) is 10.8. The first-order chi connectivity index (χ1) is 21.0. The number of hydrogen-bond donors (Lipinski definition) is 0. The van der Waals surface area contributed by atoms with Crippen LogP contribution in [0.1, 0.15) is 29.3 Å². The topological polar surface area (TPSA) is 70.2 Å². The lowest BCUT2D eigenvalue weighted by atomic mass is 9.78. The molecule has 0 unspecified atom stereocenters. The summed E-state index contributed by atoms with van der Waals surface area (Å²) in [6.07, 6.45) is -0.114. The Morgan fingerprint density at radius 3 is 1.95 bits per heavy atom. The summed E-state index contributed by atoms with van der Waals surface area (Å²) in [5.74, 6) is -1.34. The number of Topliss-reactive ketones (excluding diaryl/α,β-unsaturated/α-hetero) is 1. The van der Waals surface area contributed by atoms with Gasteiger partial charge in [-0.05, 0) is 36.8 Å². The standard InChI is InChI=1S/C36H29N3O4/c1-24-31-33(38(27-18-10-4-11-19-27)39(35(31)42)28-20-12-5-13-21-28)32-29(34(41)26-16-8-3-9-17-26)22-30(40)43-36(32)37(24)23-25-14-6-2-7-15-25/h2-21,29,33H,22-23H2,1H3/t29-,33+/m0/s1. The number of amides is 1. The number of para-hydroxylation sites is 2.